The Balaban J connectivity index is 2.17. The van der Waals surface area contributed by atoms with Gasteiger partial charge in [0.25, 0.3) is 0 Å². The number of ether oxygens (including phenoxy) is 2. The summed E-state index contributed by atoms with van der Waals surface area (Å²) in [5.41, 5.74) is 0. The van der Waals surface area contributed by atoms with Crippen LogP contribution in [0.4, 0.5) is 0 Å². The van der Waals surface area contributed by atoms with Crippen molar-refractivity contribution in [2.45, 2.75) is 91.3 Å². The van der Waals surface area contributed by atoms with Crippen molar-refractivity contribution in [3.63, 3.8) is 0 Å². The maximum atomic E-state index is 11.7. The molecular weight excluding hydrogens is 280 g/mol. The van der Waals surface area contributed by atoms with Gasteiger partial charge in [-0.15, -0.1) is 0 Å². The van der Waals surface area contributed by atoms with Crippen molar-refractivity contribution in [1.82, 2.24) is 0 Å². The lowest BCUT2D eigenvalue weighted by Crippen LogP contribution is -2.29. The van der Waals surface area contributed by atoms with Gasteiger partial charge in [-0.05, 0) is 50.4 Å². The van der Waals surface area contributed by atoms with Gasteiger partial charge in [0.05, 0.1) is 0 Å². The molecule has 4 heteroatoms. The molecule has 0 aromatic heterocycles. The van der Waals surface area contributed by atoms with Crippen LogP contribution in [0.5, 0.6) is 0 Å². The van der Waals surface area contributed by atoms with E-state index in [1.54, 1.807) is 0 Å². The smallest absolute Gasteiger partial charge is 0.306 e. The lowest BCUT2D eigenvalue weighted by Gasteiger charge is -2.28. The molecule has 0 heterocycles. The molecule has 0 aliphatic heterocycles. The van der Waals surface area contributed by atoms with E-state index in [4.69, 9.17) is 9.47 Å². The zero-order valence-corrected chi connectivity index (χ0v) is 14.6. The van der Waals surface area contributed by atoms with Crippen LogP contribution in [0.25, 0.3) is 0 Å². The zero-order valence-electron chi connectivity index (χ0n) is 14.6. The van der Waals surface area contributed by atoms with Crippen LogP contribution in [0.15, 0.2) is 0 Å². The van der Waals surface area contributed by atoms with E-state index in [2.05, 4.69) is 27.7 Å². The number of carbonyl (C=O) groups is 2. The minimum absolute atomic E-state index is 0.00489. The fourth-order valence-electron chi connectivity index (χ4n) is 2.57. The van der Waals surface area contributed by atoms with Gasteiger partial charge >= 0.3 is 11.9 Å². The summed E-state index contributed by atoms with van der Waals surface area (Å²) in [6.45, 7) is 8.41. The van der Waals surface area contributed by atoms with Gasteiger partial charge in [-0.1, -0.05) is 27.7 Å². The summed E-state index contributed by atoms with van der Waals surface area (Å²) < 4.78 is 11.0. The Labute approximate surface area is 134 Å². The molecule has 0 aromatic rings. The maximum absolute atomic E-state index is 11.7. The molecule has 0 spiro atoms. The van der Waals surface area contributed by atoms with Crippen molar-refractivity contribution in [3.05, 3.63) is 0 Å². The topological polar surface area (TPSA) is 52.6 Å². The monoisotopic (exact) mass is 312 g/mol. The van der Waals surface area contributed by atoms with Gasteiger partial charge in [-0.2, -0.15) is 0 Å². The van der Waals surface area contributed by atoms with Crippen LogP contribution in [-0.2, 0) is 19.1 Å². The Hall–Kier alpha value is -1.06. The standard InChI is InChI=1S/C18H32O4/c1-13(2)5-11-17(19)21-15-7-9-16(10-8-15)22-18(20)12-6-14(3)4/h13-16H,5-12H2,1-4H3. The maximum Gasteiger partial charge on any atom is 0.306 e. The molecule has 0 N–H and O–H groups in total. The van der Waals surface area contributed by atoms with Crippen LogP contribution >= 0.6 is 0 Å². The van der Waals surface area contributed by atoms with Gasteiger partial charge in [-0.25, -0.2) is 0 Å². The fourth-order valence-corrected chi connectivity index (χ4v) is 2.57. The molecule has 22 heavy (non-hydrogen) atoms. The quantitative estimate of drug-likeness (QED) is 0.628. The zero-order chi connectivity index (χ0) is 16.5. The molecule has 0 unspecified atom stereocenters. The molecule has 1 saturated carbocycles. The highest BCUT2D eigenvalue weighted by molar-refractivity contribution is 5.70. The van der Waals surface area contributed by atoms with E-state index in [-0.39, 0.29) is 24.1 Å². The average molecular weight is 312 g/mol. The third kappa shape index (κ3) is 8.40. The lowest BCUT2D eigenvalue weighted by atomic mass is 9.95. The molecule has 0 atom stereocenters. The van der Waals surface area contributed by atoms with Crippen molar-refractivity contribution in [2.24, 2.45) is 11.8 Å². The average Bonchev–Trinajstić information content (AvgIpc) is 2.45. The van der Waals surface area contributed by atoms with E-state index >= 15 is 0 Å². The number of carbonyl (C=O) groups excluding carboxylic acids is 2. The first kappa shape index (κ1) is 19.0. The van der Waals surface area contributed by atoms with Crippen molar-refractivity contribution in [3.8, 4) is 0 Å². The van der Waals surface area contributed by atoms with Gasteiger partial charge < -0.3 is 9.47 Å². The van der Waals surface area contributed by atoms with Crippen molar-refractivity contribution in [2.75, 3.05) is 0 Å². The highest BCUT2D eigenvalue weighted by Crippen LogP contribution is 2.24. The summed E-state index contributed by atoms with van der Waals surface area (Å²) in [4.78, 5) is 23.4. The van der Waals surface area contributed by atoms with E-state index in [9.17, 15) is 9.59 Å². The Morgan fingerprint density at radius 1 is 0.773 bits per heavy atom. The Kier molecular flexibility index (Phi) is 8.51. The van der Waals surface area contributed by atoms with E-state index in [0.717, 1.165) is 38.5 Å². The molecule has 1 rings (SSSR count). The largest absolute Gasteiger partial charge is 0.462 e. The minimum Gasteiger partial charge on any atom is -0.462 e. The summed E-state index contributed by atoms with van der Waals surface area (Å²) in [6, 6.07) is 0. The highest BCUT2D eigenvalue weighted by Gasteiger charge is 2.26. The third-order valence-electron chi connectivity index (χ3n) is 4.07. The van der Waals surface area contributed by atoms with Gasteiger partial charge in [0, 0.05) is 12.8 Å². The predicted octanol–water partition coefficient (Wildman–Crippen LogP) is 4.26. The van der Waals surface area contributed by atoms with Crippen LogP contribution in [0.3, 0.4) is 0 Å². The van der Waals surface area contributed by atoms with E-state index in [0.29, 0.717) is 24.7 Å². The Bertz CT molecular complexity index is 307. The first-order valence-electron chi connectivity index (χ1n) is 8.75. The molecule has 128 valence electrons. The molecule has 1 aliphatic rings. The third-order valence-corrected chi connectivity index (χ3v) is 4.07. The van der Waals surface area contributed by atoms with Crippen molar-refractivity contribution in [1.29, 1.82) is 0 Å². The van der Waals surface area contributed by atoms with Gasteiger partial charge in [0.1, 0.15) is 12.2 Å². The van der Waals surface area contributed by atoms with Crippen LogP contribution in [0.2, 0.25) is 0 Å². The van der Waals surface area contributed by atoms with Crippen LogP contribution < -0.4 is 0 Å². The number of esters is 2. The first-order chi connectivity index (χ1) is 10.4. The first-order valence-corrected chi connectivity index (χ1v) is 8.75. The molecule has 0 saturated heterocycles. The minimum atomic E-state index is -0.0916. The SMILES string of the molecule is CC(C)CCC(=O)OC1CCC(OC(=O)CCC(C)C)CC1. The molecule has 1 fully saturated rings. The summed E-state index contributed by atoms with van der Waals surface area (Å²) in [5, 5.41) is 0. The second kappa shape index (κ2) is 9.86. The summed E-state index contributed by atoms with van der Waals surface area (Å²) >= 11 is 0. The summed E-state index contributed by atoms with van der Waals surface area (Å²) in [6.07, 6.45) is 5.97. The molecule has 0 radical (unpaired) electrons. The molecular formula is C18H32O4. The van der Waals surface area contributed by atoms with E-state index in [1.807, 2.05) is 0 Å². The van der Waals surface area contributed by atoms with Crippen LogP contribution in [0, 0.1) is 11.8 Å². The molecule has 0 bridgehead atoms. The Morgan fingerprint density at radius 3 is 1.36 bits per heavy atom. The van der Waals surface area contributed by atoms with Crippen molar-refractivity contribution >= 4 is 11.9 Å². The van der Waals surface area contributed by atoms with Crippen LogP contribution in [-0.4, -0.2) is 24.1 Å². The molecule has 1 aliphatic carbocycles. The van der Waals surface area contributed by atoms with Gasteiger partial charge in [-0.3, -0.25) is 9.59 Å². The molecule has 0 amide bonds. The second-order valence-electron chi connectivity index (χ2n) is 7.24. The summed E-state index contributed by atoms with van der Waals surface area (Å²) in [7, 11) is 0. The number of hydrogen-bond acceptors (Lipinski definition) is 4. The van der Waals surface area contributed by atoms with Crippen molar-refractivity contribution < 1.29 is 19.1 Å². The fraction of sp³-hybridized carbons (Fsp3) is 0.889. The van der Waals surface area contributed by atoms with Crippen LogP contribution in [0.1, 0.15) is 79.1 Å². The predicted molar refractivity (Wildman–Crippen MR) is 86.4 cm³/mol. The second-order valence-corrected chi connectivity index (χ2v) is 7.24. The lowest BCUT2D eigenvalue weighted by molar-refractivity contribution is -0.158. The molecule has 4 nitrogen and oxygen atoms in total. The number of rotatable bonds is 8. The number of hydrogen-bond donors (Lipinski definition) is 0. The van der Waals surface area contributed by atoms with Gasteiger partial charge in [0.15, 0.2) is 0 Å². The van der Waals surface area contributed by atoms with E-state index in [1.165, 1.54) is 0 Å². The molecule has 0 aromatic carbocycles. The normalized spacial score (nSPS) is 21.9. The van der Waals surface area contributed by atoms with Gasteiger partial charge in [0.2, 0.25) is 0 Å². The van der Waals surface area contributed by atoms with E-state index < -0.39 is 0 Å². The highest BCUT2D eigenvalue weighted by atomic mass is 16.6. The Morgan fingerprint density at radius 2 is 1.09 bits per heavy atom. The summed E-state index contributed by atoms with van der Waals surface area (Å²) in [5.74, 6) is 0.860.